The first-order valence-corrected chi connectivity index (χ1v) is 8.61. The van der Waals surface area contributed by atoms with Crippen LogP contribution in [0.2, 0.25) is 5.02 Å². The van der Waals surface area contributed by atoms with Crippen molar-refractivity contribution in [3.63, 3.8) is 0 Å². The number of aromatic nitrogens is 2. The molecule has 2 heterocycles. The minimum atomic E-state index is -0.295. The Kier molecular flexibility index (Phi) is 4.44. The second-order valence-electron chi connectivity index (χ2n) is 5.85. The summed E-state index contributed by atoms with van der Waals surface area (Å²) in [7, 11) is 0. The molecule has 0 saturated carbocycles. The molecule has 4 aromatic rings. The number of nitrogens with zero attached hydrogens (tertiary/aromatic N) is 3. The van der Waals surface area contributed by atoms with Crippen LogP contribution < -0.4 is 5.56 Å². The fourth-order valence-electron chi connectivity index (χ4n) is 2.88. The number of aliphatic imine (C=N–C) groups is 1. The summed E-state index contributed by atoms with van der Waals surface area (Å²) in [4.78, 5) is 21.4. The molecule has 0 aliphatic rings. The monoisotopic (exact) mass is 375 g/mol. The van der Waals surface area contributed by atoms with E-state index in [-0.39, 0.29) is 11.4 Å². The van der Waals surface area contributed by atoms with E-state index >= 15 is 0 Å². The van der Waals surface area contributed by atoms with E-state index in [4.69, 9.17) is 11.6 Å². The minimum Gasteiger partial charge on any atom is -0.494 e. The van der Waals surface area contributed by atoms with E-state index in [2.05, 4.69) is 9.98 Å². The highest BCUT2D eigenvalue weighted by molar-refractivity contribution is 6.30. The van der Waals surface area contributed by atoms with Crippen molar-refractivity contribution in [2.75, 3.05) is 0 Å². The van der Waals surface area contributed by atoms with Gasteiger partial charge in [0.25, 0.3) is 5.56 Å². The van der Waals surface area contributed by atoms with Crippen molar-refractivity contribution < 1.29 is 5.11 Å². The van der Waals surface area contributed by atoms with Crippen molar-refractivity contribution in [2.45, 2.75) is 0 Å². The molecule has 2 aromatic heterocycles. The number of fused-ring (bicyclic) bond motifs is 1. The van der Waals surface area contributed by atoms with Gasteiger partial charge in [-0.1, -0.05) is 48.0 Å². The zero-order chi connectivity index (χ0) is 18.8. The lowest BCUT2D eigenvalue weighted by Crippen LogP contribution is -2.20. The van der Waals surface area contributed by atoms with Crippen LogP contribution in [-0.4, -0.2) is 20.9 Å². The van der Waals surface area contributed by atoms with Gasteiger partial charge in [-0.15, -0.1) is 0 Å². The number of halogens is 1. The predicted molar refractivity (Wildman–Crippen MR) is 108 cm³/mol. The number of benzene rings is 2. The molecule has 0 radical (unpaired) electrons. The Morgan fingerprint density at radius 2 is 1.67 bits per heavy atom. The molecular formula is C21H14ClN3O2. The Bertz CT molecular complexity index is 1200. The van der Waals surface area contributed by atoms with E-state index in [1.54, 1.807) is 42.5 Å². The number of hydrogen-bond acceptors (Lipinski definition) is 4. The second kappa shape index (κ2) is 7.05. The van der Waals surface area contributed by atoms with Crippen LogP contribution in [0.15, 0.2) is 82.7 Å². The lowest BCUT2D eigenvalue weighted by Gasteiger charge is -2.13. The van der Waals surface area contributed by atoms with Gasteiger partial charge in [-0.2, -0.15) is 0 Å². The molecular weight excluding hydrogens is 362 g/mol. The molecule has 0 aliphatic heterocycles. The van der Waals surface area contributed by atoms with E-state index in [0.29, 0.717) is 32.9 Å². The van der Waals surface area contributed by atoms with Crippen molar-refractivity contribution in [3.05, 3.63) is 93.9 Å². The summed E-state index contributed by atoms with van der Waals surface area (Å²) in [6.45, 7) is 0. The highest BCUT2D eigenvalue weighted by atomic mass is 35.5. The number of pyridine rings is 2. The summed E-state index contributed by atoms with van der Waals surface area (Å²) >= 11 is 5.85. The van der Waals surface area contributed by atoms with Crippen LogP contribution in [0.5, 0.6) is 5.88 Å². The van der Waals surface area contributed by atoms with Gasteiger partial charge >= 0.3 is 0 Å². The summed E-state index contributed by atoms with van der Waals surface area (Å²) in [5, 5.41) is 12.5. The number of hydrogen-bond donors (Lipinski definition) is 1. The van der Waals surface area contributed by atoms with Crippen molar-refractivity contribution >= 4 is 34.4 Å². The van der Waals surface area contributed by atoms with Crippen LogP contribution in [0.3, 0.4) is 0 Å². The maximum absolute atomic E-state index is 12.9. The van der Waals surface area contributed by atoms with E-state index < -0.39 is 0 Å². The van der Waals surface area contributed by atoms with E-state index in [1.165, 1.54) is 17.0 Å². The third-order valence-corrected chi connectivity index (χ3v) is 4.38. The van der Waals surface area contributed by atoms with Crippen LogP contribution in [0.1, 0.15) is 5.56 Å². The largest absolute Gasteiger partial charge is 0.494 e. The Morgan fingerprint density at radius 1 is 0.963 bits per heavy atom. The van der Waals surface area contributed by atoms with Crippen LogP contribution in [0, 0.1) is 0 Å². The average molecular weight is 376 g/mol. The summed E-state index contributed by atoms with van der Waals surface area (Å²) in [5.74, 6) is 0.267. The first-order chi connectivity index (χ1) is 13.1. The molecule has 132 valence electrons. The normalized spacial score (nSPS) is 11.3. The molecule has 0 aliphatic carbocycles. The highest BCUT2D eigenvalue weighted by Gasteiger charge is 2.16. The van der Waals surface area contributed by atoms with Gasteiger partial charge in [-0.05, 0) is 30.3 Å². The van der Waals surface area contributed by atoms with Gasteiger partial charge < -0.3 is 5.11 Å². The van der Waals surface area contributed by atoms with Crippen molar-refractivity contribution in [2.24, 2.45) is 4.99 Å². The molecule has 5 nitrogen and oxygen atoms in total. The SMILES string of the molecule is O=c1c2ccccc2c(C=Nc2ccc(Cl)cn2)c(O)n1-c1ccccc1. The van der Waals surface area contributed by atoms with Crippen LogP contribution >= 0.6 is 11.6 Å². The number of aromatic hydroxyl groups is 1. The average Bonchev–Trinajstić information content (AvgIpc) is 2.70. The van der Waals surface area contributed by atoms with E-state index in [0.717, 1.165) is 0 Å². The minimum absolute atomic E-state index is 0.178. The quantitative estimate of drug-likeness (QED) is 0.536. The van der Waals surface area contributed by atoms with Gasteiger partial charge in [0.2, 0.25) is 5.88 Å². The number of para-hydroxylation sites is 1. The topological polar surface area (TPSA) is 67.5 Å². The van der Waals surface area contributed by atoms with Gasteiger partial charge in [-0.25, -0.2) is 14.5 Å². The van der Waals surface area contributed by atoms with Crippen LogP contribution in [0.4, 0.5) is 5.82 Å². The summed E-state index contributed by atoms with van der Waals surface area (Å²) in [6.07, 6.45) is 3.00. The Labute approximate surface area is 159 Å². The molecule has 2 aromatic carbocycles. The van der Waals surface area contributed by atoms with E-state index in [1.807, 2.05) is 24.3 Å². The molecule has 1 N–H and O–H groups in total. The second-order valence-corrected chi connectivity index (χ2v) is 6.29. The molecule has 0 fully saturated rings. The lowest BCUT2D eigenvalue weighted by molar-refractivity contribution is 0.436. The molecule has 0 bridgehead atoms. The van der Waals surface area contributed by atoms with E-state index in [9.17, 15) is 9.90 Å². The standard InChI is InChI=1S/C21H14ClN3O2/c22-14-10-11-19(23-12-14)24-13-18-16-8-4-5-9-17(16)20(26)25(21(18)27)15-6-2-1-3-7-15/h1-13,27H. The summed E-state index contributed by atoms with van der Waals surface area (Å²) < 4.78 is 1.28. The van der Waals surface area contributed by atoms with Gasteiger partial charge in [0, 0.05) is 23.2 Å². The molecule has 0 atom stereocenters. The van der Waals surface area contributed by atoms with Crippen LogP contribution in [-0.2, 0) is 0 Å². The summed E-state index contributed by atoms with van der Waals surface area (Å²) in [6, 6.07) is 19.5. The van der Waals surface area contributed by atoms with Crippen LogP contribution in [0.25, 0.3) is 16.5 Å². The first-order valence-electron chi connectivity index (χ1n) is 8.23. The molecule has 4 rings (SSSR count). The predicted octanol–water partition coefficient (Wildman–Crippen LogP) is 4.50. The molecule has 6 heteroatoms. The fourth-order valence-corrected chi connectivity index (χ4v) is 2.99. The van der Waals surface area contributed by atoms with Crippen molar-refractivity contribution in [1.29, 1.82) is 0 Å². The fraction of sp³-hybridized carbons (Fsp3) is 0. The zero-order valence-electron chi connectivity index (χ0n) is 14.1. The number of rotatable bonds is 3. The van der Waals surface area contributed by atoms with Crippen molar-refractivity contribution in [3.8, 4) is 11.6 Å². The molecule has 0 amide bonds. The van der Waals surface area contributed by atoms with Gasteiger partial charge in [-0.3, -0.25) is 4.79 Å². The first kappa shape index (κ1) is 17.0. The Hall–Kier alpha value is -3.44. The third-order valence-electron chi connectivity index (χ3n) is 4.16. The maximum atomic E-state index is 12.9. The Morgan fingerprint density at radius 3 is 2.37 bits per heavy atom. The summed E-state index contributed by atoms with van der Waals surface area (Å²) in [5.41, 5.74) is 0.715. The molecule has 0 saturated heterocycles. The Balaban J connectivity index is 1.96. The lowest BCUT2D eigenvalue weighted by atomic mass is 10.1. The van der Waals surface area contributed by atoms with Gasteiger partial charge in [0.05, 0.1) is 16.3 Å². The van der Waals surface area contributed by atoms with Crippen molar-refractivity contribution in [1.82, 2.24) is 9.55 Å². The molecule has 27 heavy (non-hydrogen) atoms. The molecule has 0 unspecified atom stereocenters. The smallest absolute Gasteiger partial charge is 0.265 e. The highest BCUT2D eigenvalue weighted by Crippen LogP contribution is 2.26. The maximum Gasteiger partial charge on any atom is 0.265 e. The van der Waals surface area contributed by atoms with Gasteiger partial charge in [0.1, 0.15) is 0 Å². The molecule has 0 spiro atoms. The zero-order valence-corrected chi connectivity index (χ0v) is 14.8. The van der Waals surface area contributed by atoms with Gasteiger partial charge in [0.15, 0.2) is 5.82 Å². The third kappa shape index (κ3) is 3.20.